The number of rotatable bonds is 8. The fourth-order valence-corrected chi connectivity index (χ4v) is 4.40. The van der Waals surface area contributed by atoms with Crippen LogP contribution in [-0.4, -0.2) is 58.3 Å². The van der Waals surface area contributed by atoms with E-state index in [2.05, 4.69) is 45.4 Å². The van der Waals surface area contributed by atoms with E-state index in [4.69, 9.17) is 4.74 Å². The van der Waals surface area contributed by atoms with Crippen LogP contribution in [0.3, 0.4) is 0 Å². The predicted octanol–water partition coefficient (Wildman–Crippen LogP) is 5.51. The van der Waals surface area contributed by atoms with Crippen molar-refractivity contribution in [3.8, 4) is 30.1 Å². The number of terminal acetylenes is 1. The molecule has 9 nitrogen and oxygen atoms in total. The lowest BCUT2D eigenvalue weighted by molar-refractivity contribution is -0.137. The van der Waals surface area contributed by atoms with Gasteiger partial charge in [0.1, 0.15) is 11.6 Å². The lowest BCUT2D eigenvalue weighted by Crippen LogP contribution is -2.37. The molecule has 0 radical (unpaired) electrons. The summed E-state index contributed by atoms with van der Waals surface area (Å²) in [6.45, 7) is 4.22. The van der Waals surface area contributed by atoms with Gasteiger partial charge in [-0.1, -0.05) is 6.92 Å². The minimum atomic E-state index is -4.61. The number of benzene rings is 2. The van der Waals surface area contributed by atoms with Crippen LogP contribution in [0.2, 0.25) is 0 Å². The fourth-order valence-electron chi connectivity index (χ4n) is 4.40. The first-order valence-corrected chi connectivity index (χ1v) is 13.2. The third-order valence-corrected chi connectivity index (χ3v) is 6.38. The number of halogens is 3. The Labute approximate surface area is 241 Å². The normalized spacial score (nSPS) is 13.1. The Morgan fingerprint density at radius 1 is 1.02 bits per heavy atom. The van der Waals surface area contributed by atoms with E-state index in [-0.39, 0.29) is 11.3 Å². The summed E-state index contributed by atoms with van der Waals surface area (Å²) in [6.07, 6.45) is 9.45. The number of ether oxygens (including phenoxy) is 1. The van der Waals surface area contributed by atoms with E-state index in [1.54, 1.807) is 53.8 Å². The molecule has 1 saturated heterocycles. The second-order valence-electron chi connectivity index (χ2n) is 9.15. The average molecular weight is 578 g/mol. The number of alkyl halides is 3. The molecule has 0 bridgehead atoms. The number of hydrogen-bond acceptors (Lipinski definition) is 7. The van der Waals surface area contributed by atoms with Gasteiger partial charge in [0.15, 0.2) is 0 Å². The number of hydrogen-bond donors (Lipinski definition) is 2. The molecule has 1 fully saturated rings. The molecule has 0 aliphatic carbocycles. The number of nitrogens with zero attached hydrogens (tertiary/aromatic N) is 5. The zero-order chi connectivity index (χ0) is 30.1. The van der Waals surface area contributed by atoms with E-state index < -0.39 is 17.6 Å². The molecule has 2 aromatic heterocycles. The fraction of sp³-hybridized carbons (Fsp3) is 0.267. The van der Waals surface area contributed by atoms with Gasteiger partial charge in [-0.15, -0.1) is 12.8 Å². The second-order valence-corrected chi connectivity index (χ2v) is 9.15. The van der Waals surface area contributed by atoms with Crippen LogP contribution in [0.1, 0.15) is 29.3 Å². The molecule has 42 heavy (non-hydrogen) atoms. The highest BCUT2D eigenvalue weighted by Crippen LogP contribution is 2.37. The summed E-state index contributed by atoms with van der Waals surface area (Å²) < 4.78 is 48.7. The molecule has 0 spiro atoms. The zero-order valence-corrected chi connectivity index (χ0v) is 22.9. The Hall–Kier alpha value is -4.89. The van der Waals surface area contributed by atoms with Crippen LogP contribution in [0.25, 0.3) is 17.2 Å². The van der Waals surface area contributed by atoms with Crippen LogP contribution in [0.5, 0.6) is 0 Å². The number of anilines is 3. The molecule has 0 unspecified atom stereocenters. The van der Waals surface area contributed by atoms with Gasteiger partial charge >= 0.3 is 6.18 Å². The van der Waals surface area contributed by atoms with Crippen molar-refractivity contribution in [3.05, 3.63) is 78.2 Å². The van der Waals surface area contributed by atoms with Gasteiger partial charge in [0.05, 0.1) is 18.8 Å². The van der Waals surface area contributed by atoms with Crippen molar-refractivity contribution in [2.45, 2.75) is 19.5 Å². The van der Waals surface area contributed by atoms with Crippen LogP contribution in [0, 0.1) is 12.8 Å². The van der Waals surface area contributed by atoms with Crippen molar-refractivity contribution >= 4 is 23.2 Å². The van der Waals surface area contributed by atoms with Crippen LogP contribution >= 0.6 is 0 Å². The molecule has 3 heterocycles. The highest BCUT2D eigenvalue weighted by Gasteiger charge is 2.36. The summed E-state index contributed by atoms with van der Waals surface area (Å²) in [5.41, 5.74) is 0.316. The minimum absolute atomic E-state index is 0.0455. The van der Waals surface area contributed by atoms with Gasteiger partial charge < -0.3 is 20.3 Å². The number of nitrogens with one attached hydrogen (secondary N) is 2. The minimum Gasteiger partial charge on any atom is -0.378 e. The van der Waals surface area contributed by atoms with Crippen LogP contribution in [-0.2, 0) is 10.9 Å². The van der Waals surface area contributed by atoms with E-state index in [0.29, 0.717) is 49.6 Å². The molecule has 1 amide bonds. The van der Waals surface area contributed by atoms with Gasteiger partial charge in [-0.25, -0.2) is 9.97 Å². The summed E-state index contributed by atoms with van der Waals surface area (Å²) in [6, 6.07) is 12.3. The average Bonchev–Trinajstić information content (AvgIpc) is 3.51. The molecule has 0 atom stereocenters. The Bertz CT molecular complexity index is 1510. The first-order chi connectivity index (χ1) is 20.3. The Morgan fingerprint density at radius 3 is 2.45 bits per heavy atom. The highest BCUT2D eigenvalue weighted by molar-refractivity contribution is 6.04. The van der Waals surface area contributed by atoms with Crippen LogP contribution in [0.15, 0.2) is 67.1 Å². The van der Waals surface area contributed by atoms with Crippen molar-refractivity contribution in [2.24, 2.45) is 0 Å². The van der Waals surface area contributed by atoms with Crippen molar-refractivity contribution < 1.29 is 22.7 Å². The van der Waals surface area contributed by atoms with Gasteiger partial charge in [0, 0.05) is 60.7 Å². The van der Waals surface area contributed by atoms with Crippen molar-refractivity contribution in [2.75, 3.05) is 48.4 Å². The quantitative estimate of drug-likeness (QED) is 0.267. The molecular formula is C30H30F3N7O2. The maximum atomic E-state index is 13.9. The van der Waals surface area contributed by atoms with Gasteiger partial charge in [-0.05, 0) is 55.0 Å². The standard InChI is InChI=1S/C28H28F3N7O2.C2H2/c1-2-10-33-27-34-11-9-24(36-27)38-13-12-32-25(38)19-3-6-21(7-4-19)35-26(39)20-5-8-23(22(18-20)28(29,30)31)37-14-16-40-17-15-37;1-2/h3-9,11-13,18H,2,10,14-17H2,1H3,(H,35,39)(H,33,34,36);1-2H. The van der Waals surface area contributed by atoms with Gasteiger partial charge in [-0.3, -0.25) is 9.36 Å². The van der Waals surface area contributed by atoms with E-state index in [1.807, 2.05) is 4.57 Å². The van der Waals surface area contributed by atoms with Gasteiger partial charge in [0.2, 0.25) is 5.95 Å². The smallest absolute Gasteiger partial charge is 0.378 e. The SMILES string of the molecule is C#C.CCCNc1nccc(-n2ccnc2-c2ccc(NC(=O)c3ccc(N4CCOCC4)c(C(F)(F)F)c3)cc2)n1. The molecule has 2 N–H and O–H groups in total. The Morgan fingerprint density at radius 2 is 1.76 bits per heavy atom. The summed E-state index contributed by atoms with van der Waals surface area (Å²) in [5, 5.41) is 5.85. The molecule has 2 aromatic carbocycles. The van der Waals surface area contributed by atoms with E-state index in [1.165, 1.54) is 12.1 Å². The maximum Gasteiger partial charge on any atom is 0.418 e. The third kappa shape index (κ3) is 7.05. The first-order valence-electron chi connectivity index (χ1n) is 13.2. The number of carbonyl (C=O) groups excluding carboxylic acids is 1. The molecule has 0 saturated carbocycles. The molecule has 4 aromatic rings. The van der Waals surface area contributed by atoms with E-state index >= 15 is 0 Å². The first kappa shape index (κ1) is 30.1. The third-order valence-electron chi connectivity index (χ3n) is 6.38. The van der Waals surface area contributed by atoms with Gasteiger partial charge in [-0.2, -0.15) is 18.2 Å². The molecule has 1 aliphatic heterocycles. The summed E-state index contributed by atoms with van der Waals surface area (Å²) >= 11 is 0. The summed E-state index contributed by atoms with van der Waals surface area (Å²) in [7, 11) is 0. The molecular weight excluding hydrogens is 547 g/mol. The van der Waals surface area contributed by atoms with Crippen molar-refractivity contribution in [3.63, 3.8) is 0 Å². The predicted molar refractivity (Wildman–Crippen MR) is 156 cm³/mol. The maximum absolute atomic E-state index is 13.9. The lowest BCUT2D eigenvalue weighted by Gasteiger charge is -2.31. The number of imidazole rings is 1. The second kappa shape index (κ2) is 13.6. The van der Waals surface area contributed by atoms with E-state index in [9.17, 15) is 18.0 Å². The van der Waals surface area contributed by atoms with E-state index in [0.717, 1.165) is 24.6 Å². The molecule has 12 heteroatoms. The van der Waals surface area contributed by atoms with Crippen molar-refractivity contribution in [1.29, 1.82) is 0 Å². The Kier molecular flexibility index (Phi) is 9.77. The van der Waals surface area contributed by atoms with Crippen LogP contribution in [0.4, 0.5) is 30.5 Å². The highest BCUT2D eigenvalue weighted by atomic mass is 19.4. The monoisotopic (exact) mass is 577 g/mol. The number of amides is 1. The topological polar surface area (TPSA) is 97.2 Å². The lowest BCUT2D eigenvalue weighted by atomic mass is 10.1. The molecule has 218 valence electrons. The number of carbonyl (C=O) groups is 1. The summed E-state index contributed by atoms with van der Waals surface area (Å²) in [5.74, 6) is 1.15. The number of aromatic nitrogens is 4. The largest absolute Gasteiger partial charge is 0.418 e. The van der Waals surface area contributed by atoms with Crippen LogP contribution < -0.4 is 15.5 Å². The zero-order valence-electron chi connectivity index (χ0n) is 22.9. The van der Waals surface area contributed by atoms with Crippen molar-refractivity contribution in [1.82, 2.24) is 19.5 Å². The summed E-state index contributed by atoms with van der Waals surface area (Å²) in [4.78, 5) is 27.7. The Balaban J connectivity index is 0.00000198. The molecule has 1 aliphatic rings. The van der Waals surface area contributed by atoms with Gasteiger partial charge in [0.25, 0.3) is 5.91 Å². The molecule has 5 rings (SSSR count). The number of morpholine rings is 1.